The van der Waals surface area contributed by atoms with Crippen LogP contribution in [0.5, 0.6) is 0 Å². The topological polar surface area (TPSA) is 71.2 Å². The van der Waals surface area contributed by atoms with Crippen molar-refractivity contribution in [2.75, 3.05) is 27.2 Å². The number of pyridine rings is 1. The highest BCUT2D eigenvalue weighted by atomic mass is 16.2. The molecule has 3 rings (SSSR count). The van der Waals surface area contributed by atoms with E-state index in [-0.39, 0.29) is 11.8 Å². The first-order chi connectivity index (χ1) is 12.0. The van der Waals surface area contributed by atoms with Crippen molar-refractivity contribution in [1.29, 1.82) is 0 Å². The molecule has 25 heavy (non-hydrogen) atoms. The van der Waals surface area contributed by atoms with Gasteiger partial charge in [-0.05, 0) is 44.6 Å². The lowest BCUT2D eigenvalue weighted by molar-refractivity contribution is -0.128. The lowest BCUT2D eigenvalue weighted by Crippen LogP contribution is -2.59. The van der Waals surface area contributed by atoms with Crippen LogP contribution in [0.1, 0.15) is 37.2 Å². The number of carbonyl (C=O) groups is 1. The van der Waals surface area contributed by atoms with Crippen LogP contribution in [0.3, 0.4) is 0 Å². The molecule has 2 atom stereocenters. The second-order valence-corrected chi connectivity index (χ2v) is 7.32. The first kappa shape index (κ1) is 17.8. The first-order valence-electron chi connectivity index (χ1n) is 9.08. The van der Waals surface area contributed by atoms with E-state index in [1.54, 1.807) is 0 Å². The van der Waals surface area contributed by atoms with Gasteiger partial charge in [-0.1, -0.05) is 31.0 Å². The van der Waals surface area contributed by atoms with Crippen LogP contribution < -0.4 is 11.1 Å². The summed E-state index contributed by atoms with van der Waals surface area (Å²) in [6.07, 6.45) is 5.59. The van der Waals surface area contributed by atoms with Gasteiger partial charge in [-0.25, -0.2) is 0 Å². The minimum absolute atomic E-state index is 0.0218. The maximum Gasteiger partial charge on any atom is 0.240 e. The van der Waals surface area contributed by atoms with Crippen LogP contribution in [0.2, 0.25) is 0 Å². The Bertz CT molecular complexity index is 740. The monoisotopic (exact) mass is 340 g/mol. The van der Waals surface area contributed by atoms with Gasteiger partial charge in [-0.15, -0.1) is 0 Å². The molecule has 0 saturated heterocycles. The van der Waals surface area contributed by atoms with E-state index in [0.29, 0.717) is 6.54 Å². The minimum Gasteiger partial charge on any atom is -0.353 e. The number of aromatic nitrogens is 1. The van der Waals surface area contributed by atoms with Gasteiger partial charge in [0.15, 0.2) is 0 Å². The lowest BCUT2D eigenvalue weighted by atomic mass is 9.69. The number of likely N-dealkylation sites (N-methyl/N-ethyl adjacent to an activating group) is 1. The Hall–Kier alpha value is -1.98. The van der Waals surface area contributed by atoms with E-state index in [9.17, 15) is 4.79 Å². The average Bonchev–Trinajstić information content (AvgIpc) is 2.61. The number of fused-ring (bicyclic) bond motifs is 1. The molecule has 1 amide bonds. The maximum absolute atomic E-state index is 13.0. The van der Waals surface area contributed by atoms with Crippen molar-refractivity contribution in [2.45, 2.75) is 37.1 Å². The predicted molar refractivity (Wildman–Crippen MR) is 101 cm³/mol. The Morgan fingerprint density at radius 1 is 1.32 bits per heavy atom. The number of nitrogens with two attached hydrogens (primary N) is 1. The summed E-state index contributed by atoms with van der Waals surface area (Å²) in [5, 5.41) is 4.16. The molecule has 3 N–H and O–H groups in total. The third-order valence-corrected chi connectivity index (χ3v) is 5.28. The van der Waals surface area contributed by atoms with Crippen molar-refractivity contribution in [3.05, 3.63) is 42.1 Å². The molecule has 1 aliphatic carbocycles. The molecule has 0 radical (unpaired) electrons. The van der Waals surface area contributed by atoms with Gasteiger partial charge in [0.25, 0.3) is 0 Å². The smallest absolute Gasteiger partial charge is 0.240 e. The number of nitrogens with zero attached hydrogens (tertiary/aromatic N) is 2. The van der Waals surface area contributed by atoms with Gasteiger partial charge in [0.05, 0.1) is 5.52 Å². The quantitative estimate of drug-likeness (QED) is 0.876. The summed E-state index contributed by atoms with van der Waals surface area (Å²) in [5.74, 6) is -0.00607. The average molecular weight is 340 g/mol. The number of benzene rings is 1. The molecule has 2 unspecified atom stereocenters. The molecule has 0 spiro atoms. The molecule has 5 nitrogen and oxygen atoms in total. The van der Waals surface area contributed by atoms with E-state index in [4.69, 9.17) is 5.73 Å². The standard InChI is InChI=1S/C20H28N4O/c1-24(2)14-13-23-19(25)20(21)11-6-5-8-17(20)15-10-12-22-18-9-4-3-7-16(15)18/h3-4,7,9-10,12,17H,5-6,8,11,13-14,21H2,1-2H3,(H,23,25). The molecule has 1 aromatic carbocycles. The summed E-state index contributed by atoms with van der Waals surface area (Å²) < 4.78 is 0. The second-order valence-electron chi connectivity index (χ2n) is 7.32. The number of amides is 1. The highest BCUT2D eigenvalue weighted by Gasteiger charge is 2.44. The Labute approximate surface area is 149 Å². The van der Waals surface area contributed by atoms with Crippen molar-refractivity contribution < 1.29 is 4.79 Å². The fourth-order valence-electron chi connectivity index (χ4n) is 3.88. The third kappa shape index (κ3) is 3.67. The molecular weight excluding hydrogens is 312 g/mol. The van der Waals surface area contributed by atoms with Gasteiger partial charge in [0.2, 0.25) is 5.91 Å². The molecule has 0 aliphatic heterocycles. The Balaban J connectivity index is 1.91. The molecule has 2 aromatic rings. The molecule has 1 heterocycles. The van der Waals surface area contributed by atoms with Crippen LogP contribution in [0, 0.1) is 0 Å². The lowest BCUT2D eigenvalue weighted by Gasteiger charge is -2.40. The molecular formula is C20H28N4O. The summed E-state index contributed by atoms with van der Waals surface area (Å²) in [6.45, 7) is 1.43. The predicted octanol–water partition coefficient (Wildman–Crippen LogP) is 2.27. The Kier molecular flexibility index (Phi) is 5.35. The number of hydrogen-bond acceptors (Lipinski definition) is 4. The molecule has 1 saturated carbocycles. The van der Waals surface area contributed by atoms with Crippen molar-refractivity contribution >= 4 is 16.8 Å². The van der Waals surface area contributed by atoms with Gasteiger partial charge in [0.1, 0.15) is 5.54 Å². The van der Waals surface area contributed by atoms with E-state index in [1.165, 1.54) is 0 Å². The maximum atomic E-state index is 13.0. The molecule has 1 fully saturated rings. The fourth-order valence-corrected chi connectivity index (χ4v) is 3.88. The third-order valence-electron chi connectivity index (χ3n) is 5.28. The highest BCUT2D eigenvalue weighted by Crippen LogP contribution is 2.41. The van der Waals surface area contributed by atoms with Gasteiger partial charge in [-0.2, -0.15) is 0 Å². The van der Waals surface area contributed by atoms with Crippen LogP contribution in [0.15, 0.2) is 36.5 Å². The molecule has 1 aromatic heterocycles. The molecule has 0 bridgehead atoms. The zero-order valence-electron chi connectivity index (χ0n) is 15.2. The van der Waals surface area contributed by atoms with Crippen molar-refractivity contribution in [3.63, 3.8) is 0 Å². The second kappa shape index (κ2) is 7.50. The van der Waals surface area contributed by atoms with Crippen LogP contribution in [-0.4, -0.2) is 48.5 Å². The van der Waals surface area contributed by atoms with Crippen LogP contribution in [0.25, 0.3) is 10.9 Å². The van der Waals surface area contributed by atoms with Gasteiger partial charge < -0.3 is 16.0 Å². The summed E-state index contributed by atoms with van der Waals surface area (Å²) in [6, 6.07) is 10.1. The zero-order valence-corrected chi connectivity index (χ0v) is 15.2. The van der Waals surface area contributed by atoms with Crippen LogP contribution in [0.4, 0.5) is 0 Å². The van der Waals surface area contributed by atoms with E-state index in [2.05, 4.69) is 21.3 Å². The molecule has 134 valence electrons. The molecule has 1 aliphatic rings. The number of hydrogen-bond donors (Lipinski definition) is 2. The van der Waals surface area contributed by atoms with Crippen LogP contribution in [-0.2, 0) is 4.79 Å². The van der Waals surface area contributed by atoms with Gasteiger partial charge in [0, 0.05) is 30.6 Å². The molecule has 5 heteroatoms. The largest absolute Gasteiger partial charge is 0.353 e. The van der Waals surface area contributed by atoms with Crippen molar-refractivity contribution in [3.8, 4) is 0 Å². The number of carbonyl (C=O) groups excluding carboxylic acids is 1. The first-order valence-corrected chi connectivity index (χ1v) is 9.08. The number of nitrogens with one attached hydrogen (secondary N) is 1. The normalized spacial score (nSPS) is 23.8. The van der Waals surface area contributed by atoms with Crippen LogP contribution >= 0.6 is 0 Å². The van der Waals surface area contributed by atoms with Crippen molar-refractivity contribution in [1.82, 2.24) is 15.2 Å². The Morgan fingerprint density at radius 3 is 2.92 bits per heavy atom. The van der Waals surface area contributed by atoms with E-state index >= 15 is 0 Å². The summed E-state index contributed by atoms with van der Waals surface area (Å²) in [7, 11) is 3.99. The minimum atomic E-state index is -0.852. The van der Waals surface area contributed by atoms with Crippen molar-refractivity contribution in [2.24, 2.45) is 5.73 Å². The highest BCUT2D eigenvalue weighted by molar-refractivity contribution is 5.90. The number of rotatable bonds is 5. The number of para-hydroxylation sites is 1. The van der Waals surface area contributed by atoms with E-state index < -0.39 is 5.54 Å². The van der Waals surface area contributed by atoms with E-state index in [1.807, 2.05) is 44.6 Å². The Morgan fingerprint density at radius 2 is 2.12 bits per heavy atom. The zero-order chi connectivity index (χ0) is 17.9. The summed E-state index contributed by atoms with van der Waals surface area (Å²) >= 11 is 0. The summed E-state index contributed by atoms with van der Waals surface area (Å²) in [4.78, 5) is 19.5. The van der Waals surface area contributed by atoms with E-state index in [0.717, 1.165) is 48.7 Å². The fraction of sp³-hybridized carbons (Fsp3) is 0.500. The van der Waals surface area contributed by atoms with Gasteiger partial charge in [-0.3, -0.25) is 9.78 Å². The SMILES string of the molecule is CN(C)CCNC(=O)C1(N)CCCCC1c1ccnc2ccccc12. The van der Waals surface area contributed by atoms with Gasteiger partial charge >= 0.3 is 0 Å². The summed E-state index contributed by atoms with van der Waals surface area (Å²) in [5.41, 5.74) is 8.00.